The third-order valence-corrected chi connectivity index (χ3v) is 5.24. The molecule has 29 heavy (non-hydrogen) atoms. The number of aliphatic hydroxyl groups excluding tert-OH is 1. The van der Waals surface area contributed by atoms with Crippen LogP contribution in [0, 0.1) is 0 Å². The van der Waals surface area contributed by atoms with E-state index in [-0.39, 0.29) is 10.5 Å². The molecule has 1 aromatic rings. The minimum absolute atomic E-state index is 0.0702. The largest absolute Gasteiger partial charge is 0.481 e. The van der Waals surface area contributed by atoms with Crippen LogP contribution in [0.1, 0.15) is 44.3 Å². The lowest BCUT2D eigenvalue weighted by Crippen LogP contribution is -2.43. The fraction of sp³-hybridized carbons (Fsp3) is 0.556. The number of amides is 1. The second-order valence-electron chi connectivity index (χ2n) is 6.21. The highest BCUT2D eigenvalue weighted by Gasteiger charge is 2.25. The van der Waals surface area contributed by atoms with Crippen molar-refractivity contribution in [2.45, 2.75) is 54.5 Å². The number of carbonyl (C=O) groups is 2. The number of hydrogen-bond acceptors (Lipinski definition) is 5. The predicted octanol–water partition coefficient (Wildman–Crippen LogP) is 3.03. The van der Waals surface area contributed by atoms with E-state index in [2.05, 4.69) is 12.2 Å². The highest BCUT2D eigenvalue weighted by Crippen LogP contribution is 2.20. The van der Waals surface area contributed by atoms with E-state index in [9.17, 15) is 27.5 Å². The number of halogens is 3. The number of sulfone groups is 1. The molecule has 1 rings (SSSR count). The first-order valence-electron chi connectivity index (χ1n) is 8.78. The maximum Gasteiger partial charge on any atom is 0.303 e. The van der Waals surface area contributed by atoms with Crippen molar-refractivity contribution in [1.29, 1.82) is 0 Å². The Hall–Kier alpha value is -1.42. The number of alkyl halides is 3. The highest BCUT2D eigenvalue weighted by atomic mass is 35.5. The zero-order chi connectivity index (χ0) is 22.6. The van der Waals surface area contributed by atoms with Crippen LogP contribution >= 0.6 is 23.2 Å². The molecule has 3 N–H and O–H groups in total. The van der Waals surface area contributed by atoms with Crippen LogP contribution in [0.15, 0.2) is 29.2 Å². The number of carboxylic acid groups (broad SMARTS) is 1. The molecule has 0 saturated carbocycles. The Morgan fingerprint density at radius 1 is 1.17 bits per heavy atom. The molecule has 1 aromatic carbocycles. The normalized spacial score (nSPS) is 13.2. The Labute approximate surface area is 180 Å². The maximum absolute atomic E-state index is 12.9. The second kappa shape index (κ2) is 13.7. The van der Waals surface area contributed by atoms with E-state index >= 15 is 0 Å². The van der Waals surface area contributed by atoms with Gasteiger partial charge in [0.1, 0.15) is 12.8 Å². The van der Waals surface area contributed by atoms with E-state index < -0.39 is 45.4 Å². The third kappa shape index (κ3) is 11.4. The zero-order valence-corrected chi connectivity index (χ0v) is 18.5. The fourth-order valence-electron chi connectivity index (χ4n) is 2.12. The van der Waals surface area contributed by atoms with Crippen molar-refractivity contribution in [3.63, 3.8) is 0 Å². The summed E-state index contributed by atoms with van der Waals surface area (Å²) in [6, 6.07) is 4.03. The molecule has 11 heteroatoms. The molecule has 2 atom stereocenters. The molecule has 0 radical (unpaired) electrons. The number of nitrogens with one attached hydrogen (secondary N) is 1. The molecule has 166 valence electrons. The maximum atomic E-state index is 12.9. The average molecular weight is 474 g/mol. The molecule has 7 nitrogen and oxygen atoms in total. The van der Waals surface area contributed by atoms with Crippen molar-refractivity contribution in [3.05, 3.63) is 29.8 Å². The Balaban J connectivity index is 0.000000828. The molecule has 0 bridgehead atoms. The zero-order valence-electron chi connectivity index (χ0n) is 16.1. The number of carboxylic acids is 1. The van der Waals surface area contributed by atoms with Crippen LogP contribution in [0.4, 0.5) is 4.39 Å². The summed E-state index contributed by atoms with van der Waals surface area (Å²) in [5, 5.41) is 20.3. The number of unbranched alkanes of at least 4 members (excludes halogenated alkanes) is 2. The summed E-state index contributed by atoms with van der Waals surface area (Å²) in [6.45, 7) is 1.02. The molecule has 0 aliphatic heterocycles. The third-order valence-electron chi connectivity index (χ3n) is 3.72. The first-order chi connectivity index (χ1) is 13.4. The lowest BCUT2D eigenvalue weighted by Gasteiger charge is -2.22. The summed E-state index contributed by atoms with van der Waals surface area (Å²) >= 11 is 10.7. The van der Waals surface area contributed by atoms with Crippen LogP contribution in [0.25, 0.3) is 0 Å². The van der Waals surface area contributed by atoms with Crippen molar-refractivity contribution in [2.24, 2.45) is 0 Å². The number of aliphatic carboxylic acids is 1. The van der Waals surface area contributed by atoms with E-state index in [1.54, 1.807) is 0 Å². The smallest absolute Gasteiger partial charge is 0.303 e. The van der Waals surface area contributed by atoms with Gasteiger partial charge < -0.3 is 15.5 Å². The summed E-state index contributed by atoms with van der Waals surface area (Å²) in [4.78, 5) is 19.9. The van der Waals surface area contributed by atoms with Gasteiger partial charge in [0.2, 0.25) is 0 Å². The SMILES string of the molecule is CCCCCC(=O)O.CS(=O)(=O)c1ccc([C@@H](O)[C@@H](CF)NC(=O)C(Cl)Cl)cc1. The van der Waals surface area contributed by atoms with Gasteiger partial charge in [-0.15, -0.1) is 0 Å². The molecule has 0 heterocycles. The van der Waals surface area contributed by atoms with E-state index in [1.165, 1.54) is 24.3 Å². The molecule has 0 aliphatic carbocycles. The molecular weight excluding hydrogens is 448 g/mol. The van der Waals surface area contributed by atoms with Crippen molar-refractivity contribution in [2.75, 3.05) is 12.9 Å². The lowest BCUT2D eigenvalue weighted by molar-refractivity contribution is -0.137. The van der Waals surface area contributed by atoms with Gasteiger partial charge in [0.25, 0.3) is 5.91 Å². The first-order valence-corrected chi connectivity index (χ1v) is 11.5. The van der Waals surface area contributed by atoms with Gasteiger partial charge in [-0.05, 0) is 24.1 Å². The van der Waals surface area contributed by atoms with Crippen molar-refractivity contribution in [3.8, 4) is 0 Å². The summed E-state index contributed by atoms with van der Waals surface area (Å²) < 4.78 is 35.6. The predicted molar refractivity (Wildman–Crippen MR) is 110 cm³/mol. The van der Waals surface area contributed by atoms with Crippen LogP contribution in [-0.2, 0) is 19.4 Å². The topological polar surface area (TPSA) is 121 Å². The number of benzene rings is 1. The number of carbonyl (C=O) groups excluding carboxylic acids is 1. The molecule has 0 aliphatic rings. The summed E-state index contributed by atoms with van der Waals surface area (Å²) in [5.74, 6) is -1.51. The summed E-state index contributed by atoms with van der Waals surface area (Å²) in [5.41, 5.74) is 0.256. The average Bonchev–Trinajstić information content (AvgIpc) is 2.65. The van der Waals surface area contributed by atoms with Gasteiger partial charge in [0.15, 0.2) is 14.7 Å². The monoisotopic (exact) mass is 473 g/mol. The Bertz CT molecular complexity index is 743. The van der Waals surface area contributed by atoms with Crippen LogP contribution in [0.2, 0.25) is 0 Å². The van der Waals surface area contributed by atoms with Crippen LogP contribution in [-0.4, -0.2) is 54.3 Å². The lowest BCUT2D eigenvalue weighted by atomic mass is 10.0. The second-order valence-corrected chi connectivity index (χ2v) is 9.32. The van der Waals surface area contributed by atoms with Gasteiger partial charge in [-0.25, -0.2) is 12.8 Å². The quantitative estimate of drug-likeness (QED) is 0.354. The van der Waals surface area contributed by atoms with E-state index in [4.69, 9.17) is 28.3 Å². The van der Waals surface area contributed by atoms with Gasteiger partial charge in [-0.3, -0.25) is 9.59 Å². The van der Waals surface area contributed by atoms with Crippen molar-refractivity contribution < 1.29 is 32.6 Å². The molecule has 0 unspecified atom stereocenters. The molecule has 0 aromatic heterocycles. The Morgan fingerprint density at radius 2 is 1.72 bits per heavy atom. The Morgan fingerprint density at radius 3 is 2.10 bits per heavy atom. The van der Waals surface area contributed by atoms with Crippen LogP contribution in [0.5, 0.6) is 0 Å². The minimum Gasteiger partial charge on any atom is -0.481 e. The minimum atomic E-state index is -3.36. The van der Waals surface area contributed by atoms with Gasteiger partial charge in [-0.2, -0.15) is 0 Å². The van der Waals surface area contributed by atoms with Gasteiger partial charge in [0.05, 0.1) is 10.9 Å². The Kier molecular flexibility index (Phi) is 13.1. The van der Waals surface area contributed by atoms with E-state index in [0.29, 0.717) is 6.42 Å². The van der Waals surface area contributed by atoms with E-state index in [0.717, 1.165) is 25.5 Å². The number of rotatable bonds is 10. The molecular formula is C18H26Cl2FNO6S. The van der Waals surface area contributed by atoms with Crippen molar-refractivity contribution >= 4 is 44.9 Å². The number of hydrogen-bond donors (Lipinski definition) is 3. The summed E-state index contributed by atoms with van der Waals surface area (Å²) in [6.07, 6.45) is 2.96. The van der Waals surface area contributed by atoms with Gasteiger partial charge in [-0.1, -0.05) is 55.1 Å². The van der Waals surface area contributed by atoms with Crippen LogP contribution < -0.4 is 5.32 Å². The summed E-state index contributed by atoms with van der Waals surface area (Å²) in [7, 11) is -3.36. The van der Waals surface area contributed by atoms with Gasteiger partial charge >= 0.3 is 5.97 Å². The number of aliphatic hydroxyl groups is 1. The highest BCUT2D eigenvalue weighted by molar-refractivity contribution is 7.90. The first kappa shape index (κ1) is 27.6. The standard InChI is InChI=1S/C12H14Cl2FNO4S.C6H12O2/c1-21(19,20)8-4-2-7(3-5-8)10(17)9(6-15)16-12(18)11(13)14;1-2-3-4-5-6(7)8/h2-5,9-11,17H,6H2,1H3,(H,16,18);2-5H2,1H3,(H,7,8)/t9-,10-;/m1./s1. The van der Waals surface area contributed by atoms with E-state index in [1.807, 2.05) is 0 Å². The van der Waals surface area contributed by atoms with Crippen molar-refractivity contribution in [1.82, 2.24) is 5.32 Å². The molecule has 1 amide bonds. The van der Waals surface area contributed by atoms with Gasteiger partial charge in [0, 0.05) is 12.7 Å². The molecule has 0 spiro atoms. The van der Waals surface area contributed by atoms with Crippen LogP contribution in [0.3, 0.4) is 0 Å². The fourth-order valence-corrected chi connectivity index (χ4v) is 2.87. The molecule has 0 fully saturated rings. The molecule has 0 saturated heterocycles.